The van der Waals surface area contributed by atoms with Crippen molar-refractivity contribution >= 4 is 39.0 Å². The Morgan fingerprint density at radius 3 is 2.22 bits per heavy atom. The Morgan fingerprint density at radius 1 is 0.833 bits per heavy atom. The van der Waals surface area contributed by atoms with Crippen molar-refractivity contribution in [2.24, 2.45) is 4.99 Å². The fourth-order valence-electron chi connectivity index (χ4n) is 6.61. The lowest BCUT2D eigenvalue weighted by Gasteiger charge is -2.28. The molecule has 4 nitrogen and oxygen atoms in total. The van der Waals surface area contributed by atoms with Gasteiger partial charge in [0.05, 0.1) is 27.9 Å². The van der Waals surface area contributed by atoms with Crippen LogP contribution in [0.2, 0.25) is 0 Å². The number of nitrogens with one attached hydrogen (secondary N) is 1. The average molecular weight is 475 g/mol. The number of anilines is 1. The van der Waals surface area contributed by atoms with E-state index in [1.165, 1.54) is 5.56 Å². The molecule has 1 N–H and O–H groups in total. The molecule has 0 radical (unpaired) electrons. The first-order valence-electron chi connectivity index (χ1n) is 12.5. The second-order valence-electron chi connectivity index (χ2n) is 11.3. The normalized spacial score (nSPS) is 19.1. The van der Waals surface area contributed by atoms with E-state index in [0.717, 1.165) is 39.0 Å². The largest absolute Gasteiger partial charge is 0.377 e. The van der Waals surface area contributed by atoms with Crippen LogP contribution in [0.15, 0.2) is 75.2 Å². The zero-order valence-corrected chi connectivity index (χ0v) is 21.6. The SMILES string of the molecule is CC(C1=Nc2ccc3ccccc3c2C1(C)C)=c1c(=O)c(=C(C)C2Nc3ccccc3C2(C)C)c1=O. The fraction of sp³-hybridized carbons (Fsp3) is 0.281. The zero-order chi connectivity index (χ0) is 25.6. The van der Waals surface area contributed by atoms with Gasteiger partial charge in [0.15, 0.2) is 0 Å². The summed E-state index contributed by atoms with van der Waals surface area (Å²) in [6, 6.07) is 20.5. The van der Waals surface area contributed by atoms with E-state index in [0.29, 0.717) is 10.8 Å². The van der Waals surface area contributed by atoms with Crippen molar-refractivity contribution in [3.05, 3.63) is 103 Å². The quantitative estimate of drug-likeness (QED) is 0.462. The van der Waals surface area contributed by atoms with Crippen molar-refractivity contribution in [2.75, 3.05) is 5.32 Å². The van der Waals surface area contributed by atoms with Crippen LogP contribution < -0.4 is 26.6 Å². The maximum atomic E-state index is 13.5. The molecule has 0 fully saturated rings. The molecule has 0 saturated heterocycles. The van der Waals surface area contributed by atoms with Crippen LogP contribution in [0.5, 0.6) is 0 Å². The topological polar surface area (TPSA) is 58.5 Å². The highest BCUT2D eigenvalue weighted by Gasteiger charge is 2.41. The first-order chi connectivity index (χ1) is 17.0. The van der Waals surface area contributed by atoms with Crippen molar-refractivity contribution in [2.45, 2.75) is 58.4 Å². The fourth-order valence-corrected chi connectivity index (χ4v) is 6.61. The zero-order valence-electron chi connectivity index (χ0n) is 21.6. The van der Waals surface area contributed by atoms with E-state index in [9.17, 15) is 9.59 Å². The first-order valence-corrected chi connectivity index (χ1v) is 12.5. The summed E-state index contributed by atoms with van der Waals surface area (Å²) in [4.78, 5) is 32.0. The van der Waals surface area contributed by atoms with Gasteiger partial charge in [0, 0.05) is 16.5 Å². The molecule has 2 aliphatic rings. The average Bonchev–Trinajstić information content (AvgIpc) is 3.28. The van der Waals surface area contributed by atoms with Gasteiger partial charge in [-0.3, -0.25) is 14.6 Å². The third-order valence-electron chi connectivity index (χ3n) is 8.46. The van der Waals surface area contributed by atoms with Crippen LogP contribution >= 0.6 is 0 Å². The molecule has 0 aromatic heterocycles. The summed E-state index contributed by atoms with van der Waals surface area (Å²) in [5.41, 5.74) is 5.64. The Hall–Kier alpha value is -3.79. The molecule has 2 heterocycles. The molecule has 1 unspecified atom stereocenters. The second kappa shape index (κ2) is 7.36. The van der Waals surface area contributed by atoms with Crippen LogP contribution in [0.1, 0.15) is 52.7 Å². The van der Waals surface area contributed by atoms with Crippen LogP contribution in [0, 0.1) is 0 Å². The summed E-state index contributed by atoms with van der Waals surface area (Å²) >= 11 is 0. The van der Waals surface area contributed by atoms with E-state index >= 15 is 0 Å². The standard InChI is InChI=1S/C32H30N2O2/c1-17(29-31(3,4)21-13-9-10-14-22(21)33-29)24-27(35)25(28(24)36)18(2)30-32(5,6)26-20-12-8-7-11-19(20)15-16-23(26)34-30/h7-16,29,33H,1-6H3. The number of para-hydroxylation sites is 1. The molecule has 4 aromatic rings. The first kappa shape index (κ1) is 22.7. The van der Waals surface area contributed by atoms with Gasteiger partial charge < -0.3 is 5.32 Å². The molecular weight excluding hydrogens is 444 g/mol. The minimum absolute atomic E-state index is 0.115. The van der Waals surface area contributed by atoms with Gasteiger partial charge in [-0.1, -0.05) is 76.2 Å². The van der Waals surface area contributed by atoms with Crippen molar-refractivity contribution in [3.63, 3.8) is 0 Å². The Bertz CT molecular complexity index is 1800. The number of rotatable bonds is 2. The highest BCUT2D eigenvalue weighted by molar-refractivity contribution is 6.27. The van der Waals surface area contributed by atoms with Crippen LogP contribution in [0.4, 0.5) is 11.4 Å². The smallest absolute Gasteiger partial charge is 0.201 e. The molecule has 0 saturated carbocycles. The summed E-state index contributed by atoms with van der Waals surface area (Å²) in [5.74, 6) is 0. The van der Waals surface area contributed by atoms with E-state index in [4.69, 9.17) is 4.99 Å². The molecule has 0 bridgehead atoms. The number of aliphatic imine (C=N–C) groups is 1. The maximum Gasteiger partial charge on any atom is 0.201 e. The van der Waals surface area contributed by atoms with Crippen LogP contribution in [0.25, 0.3) is 21.9 Å². The van der Waals surface area contributed by atoms with Gasteiger partial charge >= 0.3 is 0 Å². The van der Waals surface area contributed by atoms with Gasteiger partial charge in [-0.25, -0.2) is 0 Å². The van der Waals surface area contributed by atoms with Crippen molar-refractivity contribution in [1.29, 1.82) is 0 Å². The monoisotopic (exact) mass is 474 g/mol. The third kappa shape index (κ3) is 2.84. The molecule has 0 aliphatic carbocycles. The minimum atomic E-state index is -0.418. The van der Waals surface area contributed by atoms with Gasteiger partial charge in [-0.05, 0) is 59.0 Å². The van der Waals surface area contributed by atoms with E-state index in [1.807, 2.05) is 44.2 Å². The molecule has 0 spiro atoms. The predicted octanol–water partition coefficient (Wildman–Crippen LogP) is 4.61. The Balaban J connectivity index is 1.49. The van der Waals surface area contributed by atoms with Gasteiger partial charge in [-0.15, -0.1) is 0 Å². The summed E-state index contributed by atoms with van der Waals surface area (Å²) in [6.45, 7) is 12.4. The molecular formula is C32H30N2O2. The summed E-state index contributed by atoms with van der Waals surface area (Å²) in [7, 11) is 0. The summed E-state index contributed by atoms with van der Waals surface area (Å²) < 4.78 is 0. The van der Waals surface area contributed by atoms with Crippen LogP contribution in [0.3, 0.4) is 0 Å². The van der Waals surface area contributed by atoms with Crippen LogP contribution in [-0.4, -0.2) is 11.8 Å². The summed E-state index contributed by atoms with van der Waals surface area (Å²) in [6.07, 6.45) is 0. The van der Waals surface area contributed by atoms with Crippen LogP contribution in [-0.2, 0) is 10.8 Å². The summed E-state index contributed by atoms with van der Waals surface area (Å²) in [5, 5.41) is 6.48. The lowest BCUT2D eigenvalue weighted by molar-refractivity contribution is 0.523. The lowest BCUT2D eigenvalue weighted by Crippen LogP contribution is -2.67. The predicted molar refractivity (Wildman–Crippen MR) is 150 cm³/mol. The third-order valence-corrected chi connectivity index (χ3v) is 8.46. The number of nitrogens with zero attached hydrogens (tertiary/aromatic N) is 1. The van der Waals surface area contributed by atoms with Gasteiger partial charge in [0.1, 0.15) is 0 Å². The molecule has 2 aliphatic heterocycles. The van der Waals surface area contributed by atoms with Gasteiger partial charge in [0.25, 0.3) is 0 Å². The molecule has 4 aromatic carbocycles. The van der Waals surface area contributed by atoms with E-state index in [-0.39, 0.29) is 27.5 Å². The van der Waals surface area contributed by atoms with Gasteiger partial charge in [0.2, 0.25) is 10.9 Å². The van der Waals surface area contributed by atoms with Gasteiger partial charge in [-0.2, -0.15) is 0 Å². The number of fused-ring (bicyclic) bond motifs is 4. The lowest BCUT2D eigenvalue weighted by atomic mass is 9.76. The molecule has 4 heteroatoms. The minimum Gasteiger partial charge on any atom is -0.377 e. The van der Waals surface area contributed by atoms with Crippen molar-refractivity contribution < 1.29 is 0 Å². The number of benzene rings is 3. The molecule has 1 atom stereocenters. The highest BCUT2D eigenvalue weighted by Crippen LogP contribution is 2.46. The number of hydrogen-bond donors (Lipinski definition) is 1. The highest BCUT2D eigenvalue weighted by atomic mass is 16.1. The molecule has 0 amide bonds. The molecule has 6 rings (SSSR count). The maximum absolute atomic E-state index is 13.5. The van der Waals surface area contributed by atoms with E-state index in [2.05, 4.69) is 63.3 Å². The molecule has 180 valence electrons. The second-order valence-corrected chi connectivity index (χ2v) is 11.3. The Morgan fingerprint density at radius 2 is 1.50 bits per heavy atom. The molecule has 36 heavy (non-hydrogen) atoms. The number of hydrogen-bond acceptors (Lipinski definition) is 4. The van der Waals surface area contributed by atoms with Crippen molar-refractivity contribution in [1.82, 2.24) is 0 Å². The Kier molecular flexibility index (Phi) is 4.63. The Labute approximate surface area is 210 Å². The van der Waals surface area contributed by atoms with E-state index in [1.54, 1.807) is 0 Å². The van der Waals surface area contributed by atoms with Crippen molar-refractivity contribution in [3.8, 4) is 0 Å². The van der Waals surface area contributed by atoms with E-state index < -0.39 is 5.41 Å².